The minimum atomic E-state index is -0.0894. The third kappa shape index (κ3) is 4.75. The second kappa shape index (κ2) is 7.07. The van der Waals surface area contributed by atoms with Gasteiger partial charge in [-0.3, -0.25) is 0 Å². The zero-order valence-electron chi connectivity index (χ0n) is 16.6. The number of hydrogen-bond acceptors (Lipinski definition) is 1. The molecule has 0 aliphatic heterocycles. The van der Waals surface area contributed by atoms with E-state index in [2.05, 4.69) is 84.5 Å². The van der Waals surface area contributed by atoms with E-state index in [0.717, 1.165) is 24.0 Å². The molecule has 0 aliphatic carbocycles. The molecule has 0 aliphatic rings. The lowest BCUT2D eigenvalue weighted by Gasteiger charge is -2.27. The molecule has 2 aromatic carbocycles. The van der Waals surface area contributed by atoms with Gasteiger partial charge in [0.1, 0.15) is 5.75 Å². The minimum absolute atomic E-state index is 0.0519. The molecule has 0 fully saturated rings. The van der Waals surface area contributed by atoms with Crippen molar-refractivity contribution in [1.29, 1.82) is 0 Å². The molecule has 0 unspecified atom stereocenters. The summed E-state index contributed by atoms with van der Waals surface area (Å²) in [5.41, 5.74) is 5.75. The lowest BCUT2D eigenvalue weighted by Crippen LogP contribution is -2.17. The average Bonchev–Trinajstić information content (AvgIpc) is 2.49. The summed E-state index contributed by atoms with van der Waals surface area (Å²) in [6, 6.07) is 12.9. The molecule has 0 radical (unpaired) electrons. The smallest absolute Gasteiger partial charge is 0.122 e. The first-order valence-electron chi connectivity index (χ1n) is 9.08. The maximum Gasteiger partial charge on any atom is 0.122 e. The predicted molar refractivity (Wildman–Crippen MR) is 109 cm³/mol. The zero-order chi connectivity index (χ0) is 18.8. The van der Waals surface area contributed by atoms with Crippen molar-refractivity contribution in [2.75, 3.05) is 0 Å². The Labute approximate surface area is 153 Å². The van der Waals surface area contributed by atoms with Gasteiger partial charge in [-0.25, -0.2) is 0 Å². The Hall–Kier alpha value is -2.02. The summed E-state index contributed by atoms with van der Waals surface area (Å²) < 4.78 is 0. The van der Waals surface area contributed by atoms with Gasteiger partial charge in [0.2, 0.25) is 0 Å². The Morgan fingerprint density at radius 1 is 0.880 bits per heavy atom. The molecule has 2 rings (SSSR count). The van der Waals surface area contributed by atoms with Gasteiger partial charge in [-0.15, -0.1) is 6.58 Å². The molecular weight excluding hydrogens is 304 g/mol. The van der Waals surface area contributed by atoms with Crippen molar-refractivity contribution in [2.45, 2.75) is 65.2 Å². The van der Waals surface area contributed by atoms with Crippen LogP contribution in [0.3, 0.4) is 0 Å². The molecule has 0 saturated carbocycles. The summed E-state index contributed by atoms with van der Waals surface area (Å²) in [4.78, 5) is 0. The van der Waals surface area contributed by atoms with E-state index >= 15 is 0 Å². The maximum absolute atomic E-state index is 10.9. The average molecular weight is 337 g/mol. The van der Waals surface area contributed by atoms with E-state index in [9.17, 15) is 5.11 Å². The Morgan fingerprint density at radius 2 is 1.44 bits per heavy atom. The fourth-order valence-electron chi connectivity index (χ4n) is 3.01. The standard InChI is InChI=1S/C24H32O/c1-8-9-17-10-12-18(13-11-17)14-19-15-20(23(2,3)4)16-21(22(19)25)24(5,6)7/h8,10-13,15-16,25H,1,9,14H2,2-7H3. The highest BCUT2D eigenvalue weighted by atomic mass is 16.3. The molecule has 1 heteroatoms. The topological polar surface area (TPSA) is 20.2 Å². The van der Waals surface area contributed by atoms with Crippen LogP contribution in [-0.2, 0) is 23.7 Å². The van der Waals surface area contributed by atoms with Gasteiger partial charge in [-0.2, -0.15) is 0 Å². The van der Waals surface area contributed by atoms with Gasteiger partial charge in [0.15, 0.2) is 0 Å². The van der Waals surface area contributed by atoms with Crippen LogP contribution in [0.1, 0.15) is 69.4 Å². The van der Waals surface area contributed by atoms with Crippen LogP contribution < -0.4 is 0 Å². The van der Waals surface area contributed by atoms with Crippen LogP contribution in [0, 0.1) is 0 Å². The van der Waals surface area contributed by atoms with Gasteiger partial charge < -0.3 is 5.11 Å². The number of aromatic hydroxyl groups is 1. The second-order valence-corrected chi connectivity index (χ2v) is 9.02. The third-order valence-corrected chi connectivity index (χ3v) is 4.66. The molecule has 0 bridgehead atoms. The SMILES string of the molecule is C=CCc1ccc(Cc2cc(C(C)(C)C)cc(C(C)(C)C)c2O)cc1. The summed E-state index contributed by atoms with van der Waals surface area (Å²) in [6.45, 7) is 16.9. The van der Waals surface area contributed by atoms with Crippen molar-refractivity contribution in [3.05, 3.63) is 76.9 Å². The van der Waals surface area contributed by atoms with Crippen LogP contribution in [0.5, 0.6) is 5.75 Å². The first kappa shape index (κ1) is 19.3. The molecule has 134 valence electrons. The lowest BCUT2D eigenvalue weighted by atomic mass is 9.78. The Bertz CT molecular complexity index is 737. The van der Waals surface area contributed by atoms with E-state index < -0.39 is 0 Å². The molecule has 0 amide bonds. The van der Waals surface area contributed by atoms with Crippen LogP contribution in [0.4, 0.5) is 0 Å². The highest BCUT2D eigenvalue weighted by molar-refractivity contribution is 5.50. The monoisotopic (exact) mass is 336 g/mol. The molecule has 2 aromatic rings. The van der Waals surface area contributed by atoms with E-state index in [1.54, 1.807) is 0 Å². The van der Waals surface area contributed by atoms with E-state index in [-0.39, 0.29) is 10.8 Å². The number of hydrogen-bond donors (Lipinski definition) is 1. The number of allylic oxidation sites excluding steroid dienone is 1. The summed E-state index contributed by atoms with van der Waals surface area (Å²) in [5.74, 6) is 0.440. The van der Waals surface area contributed by atoms with Crippen molar-refractivity contribution in [3.8, 4) is 5.75 Å². The third-order valence-electron chi connectivity index (χ3n) is 4.66. The van der Waals surface area contributed by atoms with E-state index in [0.29, 0.717) is 5.75 Å². The van der Waals surface area contributed by atoms with Gasteiger partial charge in [0, 0.05) is 6.42 Å². The quantitative estimate of drug-likeness (QED) is 0.649. The highest BCUT2D eigenvalue weighted by Crippen LogP contribution is 2.38. The molecule has 1 nitrogen and oxygen atoms in total. The van der Waals surface area contributed by atoms with Crippen LogP contribution in [0.15, 0.2) is 49.1 Å². The van der Waals surface area contributed by atoms with Crippen LogP contribution in [-0.4, -0.2) is 5.11 Å². The van der Waals surface area contributed by atoms with Crippen LogP contribution >= 0.6 is 0 Å². The molecule has 0 spiro atoms. The Balaban J connectivity index is 2.47. The van der Waals surface area contributed by atoms with E-state index in [1.807, 2.05) is 6.08 Å². The molecule has 1 N–H and O–H groups in total. The molecular formula is C24H32O. The fraction of sp³-hybridized carbons (Fsp3) is 0.417. The van der Waals surface area contributed by atoms with Crippen molar-refractivity contribution in [1.82, 2.24) is 0 Å². The van der Waals surface area contributed by atoms with Crippen LogP contribution in [0.2, 0.25) is 0 Å². The van der Waals surface area contributed by atoms with Gasteiger partial charge in [-0.05, 0) is 45.1 Å². The van der Waals surface area contributed by atoms with Crippen molar-refractivity contribution in [2.24, 2.45) is 0 Å². The first-order chi connectivity index (χ1) is 11.5. The van der Waals surface area contributed by atoms with E-state index in [1.165, 1.54) is 16.7 Å². The predicted octanol–water partition coefficient (Wildman–Crippen LogP) is 6.31. The second-order valence-electron chi connectivity index (χ2n) is 9.02. The molecule has 25 heavy (non-hydrogen) atoms. The Kier molecular flexibility index (Phi) is 5.46. The van der Waals surface area contributed by atoms with E-state index in [4.69, 9.17) is 0 Å². The number of rotatable bonds is 4. The summed E-state index contributed by atoms with van der Waals surface area (Å²) in [6.07, 6.45) is 3.55. The minimum Gasteiger partial charge on any atom is -0.507 e. The summed E-state index contributed by atoms with van der Waals surface area (Å²) in [5, 5.41) is 10.9. The summed E-state index contributed by atoms with van der Waals surface area (Å²) in [7, 11) is 0. The largest absolute Gasteiger partial charge is 0.507 e. The van der Waals surface area contributed by atoms with Gasteiger partial charge >= 0.3 is 0 Å². The fourth-order valence-corrected chi connectivity index (χ4v) is 3.01. The van der Waals surface area contributed by atoms with Crippen molar-refractivity contribution in [3.63, 3.8) is 0 Å². The zero-order valence-corrected chi connectivity index (χ0v) is 16.6. The number of phenolic OH excluding ortho intramolecular Hbond substituents is 1. The van der Waals surface area contributed by atoms with Crippen molar-refractivity contribution >= 4 is 0 Å². The molecule has 0 aromatic heterocycles. The summed E-state index contributed by atoms with van der Waals surface area (Å²) >= 11 is 0. The van der Waals surface area contributed by atoms with Crippen LogP contribution in [0.25, 0.3) is 0 Å². The van der Waals surface area contributed by atoms with Crippen molar-refractivity contribution < 1.29 is 5.11 Å². The van der Waals surface area contributed by atoms with Gasteiger partial charge in [-0.1, -0.05) is 84.0 Å². The number of benzene rings is 2. The normalized spacial score (nSPS) is 12.2. The molecule has 0 atom stereocenters. The number of phenols is 1. The first-order valence-corrected chi connectivity index (χ1v) is 9.08. The van der Waals surface area contributed by atoms with Gasteiger partial charge in [0.25, 0.3) is 0 Å². The van der Waals surface area contributed by atoms with Gasteiger partial charge in [0.05, 0.1) is 0 Å². The maximum atomic E-state index is 10.9. The lowest BCUT2D eigenvalue weighted by molar-refractivity contribution is 0.439. The highest BCUT2D eigenvalue weighted by Gasteiger charge is 2.24. The molecule has 0 heterocycles. The Morgan fingerprint density at radius 3 is 1.92 bits per heavy atom. The molecule has 0 saturated heterocycles.